The van der Waals surface area contributed by atoms with E-state index in [4.69, 9.17) is 15.2 Å². The zero-order valence-corrected chi connectivity index (χ0v) is 13.1. The van der Waals surface area contributed by atoms with Gasteiger partial charge in [-0.05, 0) is 30.9 Å². The Balaban J connectivity index is 2.65. The van der Waals surface area contributed by atoms with E-state index in [0.717, 1.165) is 29.9 Å². The number of hydrogen-bond donors (Lipinski definition) is 1. The highest BCUT2D eigenvalue weighted by Crippen LogP contribution is 2.26. The molecular formula is C16H25NO4. The minimum absolute atomic E-state index is 0.107. The fourth-order valence-corrected chi connectivity index (χ4v) is 1.89. The van der Waals surface area contributed by atoms with Crippen LogP contribution < -0.4 is 15.2 Å². The van der Waals surface area contributed by atoms with Crippen molar-refractivity contribution in [1.29, 1.82) is 0 Å². The van der Waals surface area contributed by atoms with Crippen molar-refractivity contribution in [3.8, 4) is 11.5 Å². The van der Waals surface area contributed by atoms with Crippen molar-refractivity contribution < 1.29 is 19.0 Å². The maximum atomic E-state index is 11.1. The van der Waals surface area contributed by atoms with E-state index in [1.807, 2.05) is 18.2 Å². The lowest BCUT2D eigenvalue weighted by Crippen LogP contribution is -2.21. The molecule has 0 spiro atoms. The van der Waals surface area contributed by atoms with Crippen molar-refractivity contribution in [2.45, 2.75) is 38.6 Å². The highest BCUT2D eigenvalue weighted by Gasteiger charge is 2.10. The quantitative estimate of drug-likeness (QED) is 0.559. The summed E-state index contributed by atoms with van der Waals surface area (Å²) >= 11 is 0. The van der Waals surface area contributed by atoms with E-state index in [1.54, 1.807) is 7.11 Å². The molecule has 1 atom stereocenters. The number of carbonyl (C=O) groups is 1. The minimum Gasteiger partial charge on any atom is -0.497 e. The van der Waals surface area contributed by atoms with Crippen LogP contribution in [0.3, 0.4) is 0 Å². The summed E-state index contributed by atoms with van der Waals surface area (Å²) in [7, 11) is 3.00. The first-order chi connectivity index (χ1) is 10.1. The molecule has 5 nitrogen and oxygen atoms in total. The molecule has 5 heteroatoms. The average Bonchev–Trinajstić information content (AvgIpc) is 2.52. The Hall–Kier alpha value is -1.75. The van der Waals surface area contributed by atoms with Crippen LogP contribution in [0.5, 0.6) is 11.5 Å². The third-order valence-electron chi connectivity index (χ3n) is 3.29. The van der Waals surface area contributed by atoms with E-state index in [0.29, 0.717) is 19.4 Å². The number of carbonyl (C=O) groups excluding carboxylic acids is 1. The van der Waals surface area contributed by atoms with Gasteiger partial charge in [-0.2, -0.15) is 0 Å². The maximum absolute atomic E-state index is 11.1. The van der Waals surface area contributed by atoms with Crippen molar-refractivity contribution in [3.63, 3.8) is 0 Å². The highest BCUT2D eigenvalue weighted by atomic mass is 16.5. The van der Waals surface area contributed by atoms with Crippen LogP contribution in [0.15, 0.2) is 18.2 Å². The van der Waals surface area contributed by atoms with E-state index < -0.39 is 0 Å². The van der Waals surface area contributed by atoms with Crippen molar-refractivity contribution >= 4 is 5.97 Å². The monoisotopic (exact) mass is 295 g/mol. The second-order valence-corrected chi connectivity index (χ2v) is 4.87. The van der Waals surface area contributed by atoms with E-state index in [-0.39, 0.29) is 12.0 Å². The molecule has 1 aromatic carbocycles. The molecule has 1 aromatic rings. The molecule has 0 saturated carbocycles. The van der Waals surface area contributed by atoms with Gasteiger partial charge in [-0.25, -0.2) is 0 Å². The number of esters is 1. The van der Waals surface area contributed by atoms with Crippen LogP contribution >= 0.6 is 0 Å². The Morgan fingerprint density at radius 2 is 2.10 bits per heavy atom. The largest absolute Gasteiger partial charge is 0.497 e. The Kier molecular flexibility index (Phi) is 7.61. The molecule has 0 aliphatic rings. The number of hydrogen-bond acceptors (Lipinski definition) is 5. The Morgan fingerprint density at radius 1 is 1.33 bits per heavy atom. The molecule has 0 aliphatic heterocycles. The molecule has 21 heavy (non-hydrogen) atoms. The van der Waals surface area contributed by atoms with Gasteiger partial charge < -0.3 is 19.9 Å². The van der Waals surface area contributed by atoms with E-state index in [9.17, 15) is 4.79 Å². The summed E-state index contributed by atoms with van der Waals surface area (Å²) in [5, 5.41) is 0. The predicted molar refractivity (Wildman–Crippen MR) is 81.7 cm³/mol. The van der Waals surface area contributed by atoms with Crippen LogP contribution in [0.25, 0.3) is 0 Å². The molecule has 1 unspecified atom stereocenters. The number of benzene rings is 1. The number of rotatable bonds is 9. The van der Waals surface area contributed by atoms with Gasteiger partial charge in [-0.15, -0.1) is 0 Å². The van der Waals surface area contributed by atoms with E-state index in [2.05, 4.69) is 11.7 Å². The van der Waals surface area contributed by atoms with Gasteiger partial charge in [0.15, 0.2) is 0 Å². The molecular weight excluding hydrogens is 270 g/mol. The predicted octanol–water partition coefficient (Wildman–Crippen LogP) is 2.31. The SMILES string of the molecule is CCC(N)Cc1ccc(OC)cc1OCCCC(=O)OC. The summed E-state index contributed by atoms with van der Waals surface area (Å²) in [4.78, 5) is 11.1. The topological polar surface area (TPSA) is 70.8 Å². The van der Waals surface area contributed by atoms with Crippen molar-refractivity contribution in [1.82, 2.24) is 0 Å². The fraction of sp³-hybridized carbons (Fsp3) is 0.562. The number of ether oxygens (including phenoxy) is 3. The van der Waals surface area contributed by atoms with Gasteiger partial charge in [-0.1, -0.05) is 13.0 Å². The zero-order chi connectivity index (χ0) is 15.7. The summed E-state index contributed by atoms with van der Waals surface area (Å²) in [6, 6.07) is 5.84. The molecule has 0 fully saturated rings. The van der Waals surface area contributed by atoms with Crippen molar-refractivity contribution in [2.24, 2.45) is 5.73 Å². The molecule has 0 aliphatic carbocycles. The third-order valence-corrected chi connectivity index (χ3v) is 3.29. The van der Waals surface area contributed by atoms with Crippen LogP contribution in [0.1, 0.15) is 31.7 Å². The molecule has 2 N–H and O–H groups in total. The second kappa shape index (κ2) is 9.23. The van der Waals surface area contributed by atoms with Crippen LogP contribution in [-0.4, -0.2) is 32.8 Å². The normalized spacial score (nSPS) is 11.8. The lowest BCUT2D eigenvalue weighted by molar-refractivity contribution is -0.140. The molecule has 0 heterocycles. The van der Waals surface area contributed by atoms with Gasteiger partial charge in [0.2, 0.25) is 0 Å². The summed E-state index contributed by atoms with van der Waals surface area (Å²) in [5.41, 5.74) is 7.07. The fourth-order valence-electron chi connectivity index (χ4n) is 1.89. The van der Waals surface area contributed by atoms with Gasteiger partial charge in [0, 0.05) is 18.5 Å². The summed E-state index contributed by atoms with van der Waals surface area (Å²) in [6.07, 6.45) is 2.63. The Morgan fingerprint density at radius 3 is 2.71 bits per heavy atom. The first kappa shape index (κ1) is 17.3. The smallest absolute Gasteiger partial charge is 0.305 e. The molecule has 0 saturated heterocycles. The molecule has 0 bridgehead atoms. The van der Waals surface area contributed by atoms with Crippen LogP contribution in [0.4, 0.5) is 0 Å². The summed E-state index contributed by atoms with van der Waals surface area (Å²) < 4.78 is 15.6. The summed E-state index contributed by atoms with van der Waals surface area (Å²) in [6.45, 7) is 2.52. The van der Waals surface area contributed by atoms with E-state index in [1.165, 1.54) is 7.11 Å². The van der Waals surface area contributed by atoms with Crippen LogP contribution in [-0.2, 0) is 16.0 Å². The zero-order valence-electron chi connectivity index (χ0n) is 13.1. The number of methoxy groups -OCH3 is 2. The van der Waals surface area contributed by atoms with Crippen molar-refractivity contribution in [3.05, 3.63) is 23.8 Å². The minimum atomic E-state index is -0.225. The maximum Gasteiger partial charge on any atom is 0.305 e. The molecule has 0 aromatic heterocycles. The molecule has 1 rings (SSSR count). The first-order valence-electron chi connectivity index (χ1n) is 7.22. The lowest BCUT2D eigenvalue weighted by atomic mass is 10.0. The molecule has 0 radical (unpaired) electrons. The van der Waals surface area contributed by atoms with Gasteiger partial charge in [-0.3, -0.25) is 4.79 Å². The van der Waals surface area contributed by atoms with Gasteiger partial charge >= 0.3 is 5.97 Å². The number of nitrogens with two attached hydrogens (primary N) is 1. The van der Waals surface area contributed by atoms with Crippen LogP contribution in [0, 0.1) is 0 Å². The van der Waals surface area contributed by atoms with Crippen LogP contribution in [0.2, 0.25) is 0 Å². The standard InChI is InChI=1S/C16H25NO4/c1-4-13(17)10-12-7-8-14(19-2)11-15(12)21-9-5-6-16(18)20-3/h7-8,11,13H,4-6,9-10,17H2,1-3H3. The third kappa shape index (κ3) is 6.04. The second-order valence-electron chi connectivity index (χ2n) is 4.87. The van der Waals surface area contributed by atoms with Crippen molar-refractivity contribution in [2.75, 3.05) is 20.8 Å². The Bertz CT molecular complexity index is 448. The molecule has 118 valence electrons. The molecule has 0 amide bonds. The van der Waals surface area contributed by atoms with Gasteiger partial charge in [0.05, 0.1) is 20.8 Å². The highest BCUT2D eigenvalue weighted by molar-refractivity contribution is 5.69. The first-order valence-corrected chi connectivity index (χ1v) is 7.22. The van der Waals surface area contributed by atoms with E-state index >= 15 is 0 Å². The van der Waals surface area contributed by atoms with Gasteiger partial charge in [0.25, 0.3) is 0 Å². The lowest BCUT2D eigenvalue weighted by Gasteiger charge is -2.15. The Labute approximate surface area is 126 Å². The average molecular weight is 295 g/mol. The van der Waals surface area contributed by atoms with Gasteiger partial charge in [0.1, 0.15) is 11.5 Å². The summed E-state index contributed by atoms with van der Waals surface area (Å²) in [5.74, 6) is 1.28.